The second kappa shape index (κ2) is 74.9. The first-order chi connectivity index (χ1) is 0. The van der Waals surface area contributed by atoms with E-state index in [-0.39, 0.29) is 133 Å². The summed E-state index contributed by atoms with van der Waals surface area (Å²) in [5, 5.41) is 0. The molecule has 0 fully saturated rings. The second-order valence-corrected chi connectivity index (χ2v) is 0. The smallest absolute Gasteiger partial charge is 1.00 e. The van der Waals surface area contributed by atoms with E-state index in [1.807, 2.05) is 0 Å². The van der Waals surface area contributed by atoms with Crippen molar-refractivity contribution in [3.05, 3.63) is 0 Å². The summed E-state index contributed by atoms with van der Waals surface area (Å²) in [6.07, 6.45) is 0. The predicted octanol–water partition coefficient (Wildman–Crippen LogP) is -18.4. The van der Waals surface area contributed by atoms with E-state index in [0.29, 0.717) is 0 Å². The Morgan fingerprint density at radius 1 is 0.375 bits per heavy atom. The molecular weight excluding hydrogens is 384 g/mol. The number of halogens is 6. The van der Waals surface area contributed by atoms with Gasteiger partial charge in [0.25, 0.3) is 0 Å². The van der Waals surface area contributed by atoms with Gasteiger partial charge in [-0.05, 0) is 0 Å². The van der Waals surface area contributed by atoms with Gasteiger partial charge in [0.2, 0.25) is 0 Å². The fourth-order valence-corrected chi connectivity index (χ4v) is 0. The standard InChI is InChI=1S/Al.6ClH.Nd/h;6*1H;/q+3;;;;;;;+3/p-6. The Hall–Kier alpha value is 3.62. The van der Waals surface area contributed by atoms with Crippen molar-refractivity contribution in [3.63, 3.8) is 0 Å². The van der Waals surface area contributed by atoms with Crippen LogP contribution in [0.4, 0.5) is 0 Å². The van der Waals surface area contributed by atoms with Gasteiger partial charge in [-0.25, -0.2) is 0 Å². The Labute approximate surface area is 130 Å². The van der Waals surface area contributed by atoms with Crippen molar-refractivity contribution in [1.82, 2.24) is 0 Å². The Bertz CT molecular complexity index is 8.49. The Kier molecular flexibility index (Phi) is 936. The first kappa shape index (κ1) is 99.9. The van der Waals surface area contributed by atoms with Crippen LogP contribution in [0.25, 0.3) is 0 Å². The van der Waals surface area contributed by atoms with Crippen molar-refractivity contribution < 1.29 is 115 Å². The number of hydrogen-bond acceptors (Lipinski definition) is 0. The van der Waals surface area contributed by atoms with Gasteiger partial charge in [0.05, 0.1) is 0 Å². The zero-order chi connectivity index (χ0) is 0. The molecule has 49 valence electrons. The molecule has 0 aliphatic carbocycles. The minimum absolute atomic E-state index is 0. The number of rotatable bonds is 0. The van der Waals surface area contributed by atoms with Crippen LogP contribution >= 0.6 is 0 Å². The third kappa shape index (κ3) is 54.5. The molecule has 0 spiro atoms. The molecule has 0 aromatic rings. The minimum Gasteiger partial charge on any atom is -1.00 e. The first-order valence-corrected chi connectivity index (χ1v) is 0. The molecule has 0 saturated carbocycles. The van der Waals surface area contributed by atoms with E-state index in [4.69, 9.17) is 0 Å². The molecule has 0 saturated heterocycles. The van der Waals surface area contributed by atoms with Crippen LogP contribution in [0.3, 0.4) is 0 Å². The summed E-state index contributed by atoms with van der Waals surface area (Å²) in [6, 6.07) is 0. The van der Waals surface area contributed by atoms with Gasteiger partial charge in [0.15, 0.2) is 0 Å². The van der Waals surface area contributed by atoms with Crippen LogP contribution in [0.15, 0.2) is 0 Å². The van der Waals surface area contributed by atoms with E-state index in [0.717, 1.165) is 0 Å². The zero-order valence-electron chi connectivity index (χ0n) is 3.35. The third-order valence-electron chi connectivity index (χ3n) is 0. The largest absolute Gasteiger partial charge is 3.00 e. The monoisotopic (exact) mass is 379 g/mol. The summed E-state index contributed by atoms with van der Waals surface area (Å²) in [5.41, 5.74) is 0. The van der Waals surface area contributed by atoms with Gasteiger partial charge in [-0.3, -0.25) is 0 Å². The minimum atomic E-state index is 0. The summed E-state index contributed by atoms with van der Waals surface area (Å²) in [5.74, 6) is 0. The van der Waals surface area contributed by atoms with Crippen molar-refractivity contribution >= 4 is 17.4 Å². The van der Waals surface area contributed by atoms with Crippen LogP contribution in [0.1, 0.15) is 0 Å². The average molecular weight is 384 g/mol. The quantitative estimate of drug-likeness (QED) is 0.364. The van der Waals surface area contributed by atoms with Gasteiger partial charge in [-0.2, -0.15) is 0 Å². The Morgan fingerprint density at radius 3 is 0.375 bits per heavy atom. The van der Waals surface area contributed by atoms with Crippen molar-refractivity contribution in [3.8, 4) is 0 Å². The molecule has 0 unspecified atom stereocenters. The van der Waals surface area contributed by atoms with Gasteiger partial charge < -0.3 is 74.4 Å². The molecule has 0 aromatic heterocycles. The van der Waals surface area contributed by atoms with Crippen LogP contribution in [0, 0.1) is 40.8 Å². The van der Waals surface area contributed by atoms with Gasteiger partial charge in [0.1, 0.15) is 0 Å². The van der Waals surface area contributed by atoms with E-state index in [1.165, 1.54) is 0 Å². The Morgan fingerprint density at radius 2 is 0.375 bits per heavy atom. The molecule has 0 heterocycles. The van der Waals surface area contributed by atoms with Crippen LogP contribution < -0.4 is 74.4 Å². The van der Waals surface area contributed by atoms with Crippen molar-refractivity contribution in [2.75, 3.05) is 0 Å². The molecule has 0 N–H and O–H groups in total. The molecule has 0 nitrogen and oxygen atoms in total. The van der Waals surface area contributed by atoms with Crippen molar-refractivity contribution in [2.24, 2.45) is 0 Å². The summed E-state index contributed by atoms with van der Waals surface area (Å²) >= 11 is 0. The second-order valence-electron chi connectivity index (χ2n) is 0. The molecule has 0 bridgehead atoms. The maximum atomic E-state index is 0. The maximum Gasteiger partial charge on any atom is 3.00 e. The topological polar surface area (TPSA) is 0 Å². The molecule has 1 radical (unpaired) electrons. The van der Waals surface area contributed by atoms with E-state index in [9.17, 15) is 0 Å². The van der Waals surface area contributed by atoms with Gasteiger partial charge in [-0.15, -0.1) is 0 Å². The third-order valence-corrected chi connectivity index (χ3v) is 0. The van der Waals surface area contributed by atoms with Crippen molar-refractivity contribution in [1.29, 1.82) is 0 Å². The predicted molar refractivity (Wildman–Crippen MR) is 5.75 cm³/mol. The molecule has 0 amide bonds. The molecule has 0 aliphatic heterocycles. The summed E-state index contributed by atoms with van der Waals surface area (Å²) in [7, 11) is 0. The summed E-state index contributed by atoms with van der Waals surface area (Å²) in [6.45, 7) is 0. The summed E-state index contributed by atoms with van der Waals surface area (Å²) < 4.78 is 0. The SMILES string of the molecule is [Al+3].[Cl-].[Cl-].[Cl-].[Cl-].[Cl-].[Cl-].[Nd+3]. The van der Waals surface area contributed by atoms with E-state index < -0.39 is 0 Å². The van der Waals surface area contributed by atoms with Gasteiger partial charge >= 0.3 is 58.2 Å². The van der Waals surface area contributed by atoms with E-state index >= 15 is 0 Å². The van der Waals surface area contributed by atoms with Crippen LogP contribution in [0.5, 0.6) is 0 Å². The molecular formula is AlCl6Nd. The van der Waals surface area contributed by atoms with Crippen LogP contribution in [-0.2, 0) is 0 Å². The molecule has 8 heteroatoms. The summed E-state index contributed by atoms with van der Waals surface area (Å²) in [4.78, 5) is 0. The Balaban J connectivity index is 0. The van der Waals surface area contributed by atoms with Gasteiger partial charge in [-0.1, -0.05) is 0 Å². The zero-order valence-corrected chi connectivity index (χ0v) is 12.2. The fourth-order valence-electron chi connectivity index (χ4n) is 0. The molecule has 0 aliphatic rings. The van der Waals surface area contributed by atoms with Crippen LogP contribution in [-0.4, -0.2) is 17.4 Å². The molecule has 8 heavy (non-hydrogen) atoms. The number of hydrogen-bond donors (Lipinski definition) is 0. The van der Waals surface area contributed by atoms with Crippen molar-refractivity contribution in [2.45, 2.75) is 0 Å². The first-order valence-electron chi connectivity index (χ1n) is 0. The van der Waals surface area contributed by atoms with E-state index in [1.54, 1.807) is 0 Å². The van der Waals surface area contributed by atoms with Gasteiger partial charge in [0, 0.05) is 0 Å². The van der Waals surface area contributed by atoms with Crippen LogP contribution in [0.2, 0.25) is 0 Å². The average Bonchev–Trinajstić information content (AvgIpc) is 0. The maximum absolute atomic E-state index is 0. The normalized spacial score (nSPS) is 0. The molecule has 0 aromatic carbocycles. The van der Waals surface area contributed by atoms with E-state index in [2.05, 4.69) is 0 Å². The molecule has 0 atom stereocenters. The fraction of sp³-hybridized carbons (Fsp3) is 0. The molecule has 0 rings (SSSR count).